The molecule has 0 bridgehead atoms. The number of rotatable bonds is 11. The highest BCUT2D eigenvalue weighted by Gasteiger charge is 2.53. The summed E-state index contributed by atoms with van der Waals surface area (Å²) in [6.07, 6.45) is 4.12. The van der Waals surface area contributed by atoms with Gasteiger partial charge in [0.15, 0.2) is 11.5 Å². The van der Waals surface area contributed by atoms with E-state index in [2.05, 4.69) is 24.5 Å². The summed E-state index contributed by atoms with van der Waals surface area (Å²) in [5.41, 5.74) is 1.07. The summed E-state index contributed by atoms with van der Waals surface area (Å²) < 4.78 is 15.7. The number of methoxy groups -OCH3 is 3. The van der Waals surface area contributed by atoms with Crippen LogP contribution in [0.3, 0.4) is 0 Å². The molecular weight excluding hydrogens is 472 g/mol. The van der Waals surface area contributed by atoms with Crippen LogP contribution in [0.2, 0.25) is 0 Å². The summed E-state index contributed by atoms with van der Waals surface area (Å²) >= 11 is 0. The number of nitrogens with one attached hydrogen (secondary N) is 2. The maximum absolute atomic E-state index is 13.1. The first-order chi connectivity index (χ1) is 17.6. The first-order valence-electron chi connectivity index (χ1n) is 13.6. The van der Waals surface area contributed by atoms with Crippen molar-refractivity contribution in [3.63, 3.8) is 0 Å². The number of hydrogen-bond acceptors (Lipinski definition) is 6. The second-order valence-corrected chi connectivity index (χ2v) is 11.2. The van der Waals surface area contributed by atoms with Gasteiger partial charge in [0.2, 0.25) is 11.8 Å². The molecule has 2 fully saturated rings. The standard InChI is InChI=1S/C29H46N2O6/c1-18(28(34)30-15-11-20-7-8-23(36-5)24(17-20)37-6)21-9-13-29(3)14-10-22(19(2)26(29)27(21)33)31-25(32)12-16-35-4/h7-8,17-19,21-22,26-27,33H,9-16H2,1-6H3,(H,30,34)(H,31,32). The topological polar surface area (TPSA) is 106 Å². The van der Waals surface area contributed by atoms with Gasteiger partial charge >= 0.3 is 0 Å². The fourth-order valence-corrected chi connectivity index (χ4v) is 6.69. The molecule has 0 saturated heterocycles. The Balaban J connectivity index is 1.59. The zero-order valence-electron chi connectivity index (χ0n) is 23.3. The fourth-order valence-electron chi connectivity index (χ4n) is 6.69. The van der Waals surface area contributed by atoms with E-state index in [1.807, 2.05) is 25.1 Å². The summed E-state index contributed by atoms with van der Waals surface area (Å²) in [5, 5.41) is 17.8. The highest BCUT2D eigenvalue weighted by Crippen LogP contribution is 2.55. The number of aliphatic hydroxyl groups is 1. The molecule has 0 radical (unpaired) electrons. The zero-order valence-corrected chi connectivity index (χ0v) is 23.3. The van der Waals surface area contributed by atoms with Crippen LogP contribution in [-0.2, 0) is 20.7 Å². The van der Waals surface area contributed by atoms with E-state index < -0.39 is 6.10 Å². The zero-order chi connectivity index (χ0) is 27.2. The summed E-state index contributed by atoms with van der Waals surface area (Å²) in [7, 11) is 4.80. The lowest BCUT2D eigenvalue weighted by atomic mass is 9.51. The largest absolute Gasteiger partial charge is 0.493 e. The smallest absolute Gasteiger partial charge is 0.223 e. The van der Waals surface area contributed by atoms with Gasteiger partial charge in [-0.2, -0.15) is 0 Å². The van der Waals surface area contributed by atoms with Crippen molar-refractivity contribution < 1.29 is 28.9 Å². The Kier molecular flexibility index (Phi) is 10.2. The van der Waals surface area contributed by atoms with Crippen molar-refractivity contribution in [1.29, 1.82) is 0 Å². The summed E-state index contributed by atoms with van der Waals surface area (Å²) in [5.74, 6) is 1.07. The van der Waals surface area contributed by atoms with Gasteiger partial charge in [0.1, 0.15) is 0 Å². The molecule has 2 saturated carbocycles. The van der Waals surface area contributed by atoms with Gasteiger partial charge in [0.05, 0.1) is 26.9 Å². The SMILES string of the molecule is COCCC(=O)NC1CCC2(C)CCC(C(C)C(=O)NCCc3ccc(OC)c(OC)c3)C(O)C2C1C. The maximum atomic E-state index is 13.1. The Morgan fingerprint density at radius 1 is 1.14 bits per heavy atom. The molecule has 0 aromatic heterocycles. The van der Waals surface area contributed by atoms with Gasteiger partial charge in [0, 0.05) is 32.0 Å². The lowest BCUT2D eigenvalue weighted by Crippen LogP contribution is -2.58. The van der Waals surface area contributed by atoms with Gasteiger partial charge < -0.3 is 30.0 Å². The second-order valence-electron chi connectivity index (χ2n) is 11.2. The molecule has 7 unspecified atom stereocenters. The number of aliphatic hydroxyl groups excluding tert-OH is 1. The van der Waals surface area contributed by atoms with E-state index in [-0.39, 0.29) is 46.9 Å². The third kappa shape index (κ3) is 6.77. The van der Waals surface area contributed by atoms with Gasteiger partial charge in [-0.25, -0.2) is 0 Å². The molecule has 208 valence electrons. The minimum atomic E-state index is -0.584. The molecule has 0 aliphatic heterocycles. The van der Waals surface area contributed by atoms with Gasteiger partial charge in [0.25, 0.3) is 0 Å². The molecule has 8 heteroatoms. The van der Waals surface area contributed by atoms with E-state index >= 15 is 0 Å². The van der Waals surface area contributed by atoms with Crippen LogP contribution in [0, 0.1) is 29.1 Å². The van der Waals surface area contributed by atoms with Gasteiger partial charge in [-0.15, -0.1) is 0 Å². The molecule has 2 aliphatic carbocycles. The predicted octanol–water partition coefficient (Wildman–Crippen LogP) is 3.34. The monoisotopic (exact) mass is 518 g/mol. The Labute approximate surface area is 221 Å². The molecule has 2 amide bonds. The minimum absolute atomic E-state index is 0.00798. The maximum Gasteiger partial charge on any atom is 0.223 e. The van der Waals surface area contributed by atoms with E-state index in [1.54, 1.807) is 21.3 Å². The van der Waals surface area contributed by atoms with Crippen molar-refractivity contribution in [1.82, 2.24) is 10.6 Å². The summed E-state index contributed by atoms with van der Waals surface area (Å²) in [6.45, 7) is 7.25. The van der Waals surface area contributed by atoms with Crippen molar-refractivity contribution >= 4 is 11.8 Å². The van der Waals surface area contributed by atoms with Crippen LogP contribution >= 0.6 is 0 Å². The third-order valence-corrected chi connectivity index (χ3v) is 8.98. The molecule has 0 spiro atoms. The van der Waals surface area contributed by atoms with Gasteiger partial charge in [-0.05, 0) is 73.0 Å². The van der Waals surface area contributed by atoms with Crippen LogP contribution in [0.4, 0.5) is 0 Å². The average molecular weight is 519 g/mol. The van der Waals surface area contributed by atoms with Crippen LogP contribution in [0.1, 0.15) is 58.4 Å². The van der Waals surface area contributed by atoms with E-state index in [4.69, 9.17) is 14.2 Å². The minimum Gasteiger partial charge on any atom is -0.493 e. The lowest BCUT2D eigenvalue weighted by molar-refractivity contribution is -0.143. The second kappa shape index (κ2) is 13.0. The number of amides is 2. The number of carbonyl (C=O) groups is 2. The third-order valence-electron chi connectivity index (χ3n) is 8.98. The van der Waals surface area contributed by atoms with Crippen LogP contribution in [0.15, 0.2) is 18.2 Å². The number of ether oxygens (including phenoxy) is 3. The summed E-state index contributed by atoms with van der Waals surface area (Å²) in [4.78, 5) is 25.4. The quantitative estimate of drug-likeness (QED) is 0.415. The van der Waals surface area contributed by atoms with E-state index in [0.29, 0.717) is 37.5 Å². The Morgan fingerprint density at radius 2 is 1.84 bits per heavy atom. The molecule has 7 atom stereocenters. The number of fused-ring (bicyclic) bond motifs is 1. The molecule has 3 rings (SSSR count). The molecule has 8 nitrogen and oxygen atoms in total. The normalized spacial score (nSPS) is 30.1. The van der Waals surface area contributed by atoms with Gasteiger partial charge in [-0.3, -0.25) is 9.59 Å². The first-order valence-corrected chi connectivity index (χ1v) is 13.6. The average Bonchev–Trinajstić information content (AvgIpc) is 2.88. The highest BCUT2D eigenvalue weighted by molar-refractivity contribution is 5.78. The Morgan fingerprint density at radius 3 is 2.51 bits per heavy atom. The van der Waals surface area contributed by atoms with Crippen LogP contribution in [-0.4, -0.2) is 63.5 Å². The van der Waals surface area contributed by atoms with E-state index in [9.17, 15) is 14.7 Å². The molecule has 3 N–H and O–H groups in total. The Hall–Kier alpha value is -2.32. The van der Waals surface area contributed by atoms with Crippen molar-refractivity contribution in [2.24, 2.45) is 29.1 Å². The van der Waals surface area contributed by atoms with Crippen LogP contribution in [0.25, 0.3) is 0 Å². The fraction of sp³-hybridized carbons (Fsp3) is 0.724. The Bertz CT molecular complexity index is 924. The van der Waals surface area contributed by atoms with Crippen molar-refractivity contribution in [2.45, 2.75) is 71.4 Å². The van der Waals surface area contributed by atoms with Crippen LogP contribution < -0.4 is 20.1 Å². The molecule has 1 aromatic carbocycles. The molecule has 1 aromatic rings. The van der Waals surface area contributed by atoms with E-state index in [1.165, 1.54) is 0 Å². The number of carbonyl (C=O) groups excluding carboxylic acids is 2. The molecular formula is C29H46N2O6. The van der Waals surface area contributed by atoms with E-state index in [0.717, 1.165) is 31.2 Å². The predicted molar refractivity (Wildman–Crippen MR) is 143 cm³/mol. The highest BCUT2D eigenvalue weighted by atomic mass is 16.5. The van der Waals surface area contributed by atoms with Crippen molar-refractivity contribution in [3.8, 4) is 11.5 Å². The molecule has 37 heavy (non-hydrogen) atoms. The number of benzene rings is 1. The van der Waals surface area contributed by atoms with Crippen molar-refractivity contribution in [3.05, 3.63) is 23.8 Å². The van der Waals surface area contributed by atoms with Crippen LogP contribution in [0.5, 0.6) is 11.5 Å². The lowest BCUT2D eigenvalue weighted by Gasteiger charge is -2.56. The summed E-state index contributed by atoms with van der Waals surface area (Å²) in [6, 6.07) is 5.79. The van der Waals surface area contributed by atoms with Crippen molar-refractivity contribution in [2.75, 3.05) is 34.5 Å². The molecule has 2 aliphatic rings. The number of hydrogen-bond donors (Lipinski definition) is 3. The first kappa shape index (κ1) is 29.2. The molecule has 0 heterocycles. The van der Waals surface area contributed by atoms with Gasteiger partial charge in [-0.1, -0.05) is 26.8 Å².